The molecule has 0 aliphatic carbocycles. The molecule has 2 N–H and O–H groups in total. The summed E-state index contributed by atoms with van der Waals surface area (Å²) in [5, 5.41) is 17.1. The Hall–Kier alpha value is -1.83. The van der Waals surface area contributed by atoms with Gasteiger partial charge in [-0.2, -0.15) is 11.8 Å². The second-order valence-electron chi connectivity index (χ2n) is 4.72. The molecule has 8 heteroatoms. The molecule has 1 aliphatic rings. The summed E-state index contributed by atoms with van der Waals surface area (Å²) in [4.78, 5) is 26.5. The number of carbonyl (C=O) groups is 1. The van der Waals surface area contributed by atoms with Crippen molar-refractivity contribution in [3.8, 4) is 0 Å². The molecular weight excluding hydrogens is 292 g/mol. The molecule has 0 aromatic carbocycles. The smallest absolute Gasteiger partial charge is 0.288 e. The molecule has 21 heavy (non-hydrogen) atoms. The Morgan fingerprint density at radius 2 is 2.43 bits per heavy atom. The summed E-state index contributed by atoms with van der Waals surface area (Å²) < 4.78 is 0. The van der Waals surface area contributed by atoms with E-state index in [1.54, 1.807) is 0 Å². The number of pyridine rings is 1. The predicted octanol–water partition coefficient (Wildman–Crippen LogP) is 2.05. The number of hydrogen-bond acceptors (Lipinski definition) is 6. The number of rotatable bonds is 6. The van der Waals surface area contributed by atoms with Crippen molar-refractivity contribution < 1.29 is 9.72 Å². The van der Waals surface area contributed by atoms with E-state index in [4.69, 9.17) is 0 Å². The second kappa shape index (κ2) is 7.26. The normalized spacial score (nSPS) is 17.5. The number of nitrogens with zero attached hydrogens (tertiary/aromatic N) is 2. The fourth-order valence-electron chi connectivity index (χ4n) is 2.14. The van der Waals surface area contributed by atoms with Gasteiger partial charge in [0.2, 0.25) is 0 Å². The maximum Gasteiger partial charge on any atom is 0.288 e. The topological polar surface area (TPSA) is 97.2 Å². The summed E-state index contributed by atoms with van der Waals surface area (Å²) in [6.45, 7) is 3.04. The Kier molecular flexibility index (Phi) is 5.38. The summed E-state index contributed by atoms with van der Waals surface area (Å²) in [6.07, 6.45) is 3.42. The van der Waals surface area contributed by atoms with Gasteiger partial charge in [-0.25, -0.2) is 4.98 Å². The van der Waals surface area contributed by atoms with Crippen LogP contribution in [0.2, 0.25) is 0 Å². The van der Waals surface area contributed by atoms with Crippen molar-refractivity contribution >= 4 is 29.2 Å². The van der Waals surface area contributed by atoms with Gasteiger partial charge in [0.1, 0.15) is 12.0 Å². The van der Waals surface area contributed by atoms with Gasteiger partial charge in [0.25, 0.3) is 11.6 Å². The molecule has 1 aliphatic heterocycles. The first-order chi connectivity index (χ1) is 10.1. The fraction of sp³-hybridized carbons (Fsp3) is 0.538. The van der Waals surface area contributed by atoms with E-state index in [2.05, 4.69) is 15.6 Å². The minimum Gasteiger partial charge on any atom is -0.370 e. The summed E-state index contributed by atoms with van der Waals surface area (Å²) in [5.74, 6) is 1.18. The van der Waals surface area contributed by atoms with Gasteiger partial charge >= 0.3 is 0 Å². The average molecular weight is 310 g/mol. The van der Waals surface area contributed by atoms with Crippen LogP contribution in [0.15, 0.2) is 12.3 Å². The Morgan fingerprint density at radius 1 is 1.62 bits per heavy atom. The van der Waals surface area contributed by atoms with Crippen molar-refractivity contribution in [1.82, 2.24) is 10.3 Å². The van der Waals surface area contributed by atoms with Crippen molar-refractivity contribution in [1.29, 1.82) is 0 Å². The predicted molar refractivity (Wildman–Crippen MR) is 82.9 cm³/mol. The minimum atomic E-state index is -0.549. The lowest BCUT2D eigenvalue weighted by atomic mass is 10.2. The number of aromatic nitrogens is 1. The lowest BCUT2D eigenvalue weighted by Gasteiger charge is -2.12. The molecule has 0 spiro atoms. The molecule has 0 radical (unpaired) electrons. The molecule has 1 atom stereocenters. The second-order valence-corrected chi connectivity index (χ2v) is 6.13. The van der Waals surface area contributed by atoms with E-state index in [-0.39, 0.29) is 17.2 Å². The molecule has 2 rings (SSSR count). The van der Waals surface area contributed by atoms with Gasteiger partial charge < -0.3 is 10.6 Å². The van der Waals surface area contributed by atoms with Gasteiger partial charge in [0.05, 0.1) is 10.5 Å². The third-order valence-corrected chi connectivity index (χ3v) is 4.59. The van der Waals surface area contributed by atoms with E-state index in [0.29, 0.717) is 24.2 Å². The summed E-state index contributed by atoms with van der Waals surface area (Å²) in [6, 6.07) is 1.27. The first kappa shape index (κ1) is 15.6. The van der Waals surface area contributed by atoms with Gasteiger partial charge in [-0.1, -0.05) is 0 Å². The maximum atomic E-state index is 12.2. The van der Waals surface area contributed by atoms with E-state index < -0.39 is 4.92 Å². The number of hydrogen-bond donors (Lipinski definition) is 2. The van der Waals surface area contributed by atoms with E-state index >= 15 is 0 Å². The van der Waals surface area contributed by atoms with Crippen LogP contribution >= 0.6 is 11.8 Å². The van der Waals surface area contributed by atoms with E-state index in [9.17, 15) is 14.9 Å². The molecule has 1 saturated heterocycles. The molecule has 1 aromatic heterocycles. The molecule has 1 amide bonds. The molecular formula is C13H18N4O3S. The number of carbonyl (C=O) groups excluding carboxylic acids is 1. The number of nitrogens with one attached hydrogen (secondary N) is 2. The van der Waals surface area contributed by atoms with Crippen LogP contribution in [-0.2, 0) is 0 Å². The molecule has 1 aromatic rings. The van der Waals surface area contributed by atoms with Crippen LogP contribution in [0, 0.1) is 10.1 Å². The van der Waals surface area contributed by atoms with Crippen molar-refractivity contribution in [2.24, 2.45) is 0 Å². The van der Waals surface area contributed by atoms with Crippen LogP contribution in [0.1, 0.15) is 30.1 Å². The highest BCUT2D eigenvalue weighted by atomic mass is 32.2. The molecule has 0 bridgehead atoms. The van der Waals surface area contributed by atoms with Crippen molar-refractivity contribution in [2.75, 3.05) is 24.2 Å². The Morgan fingerprint density at radius 3 is 3.05 bits per heavy atom. The van der Waals surface area contributed by atoms with Crippen molar-refractivity contribution in [3.05, 3.63) is 27.9 Å². The highest BCUT2D eigenvalue weighted by Crippen LogP contribution is 2.25. The molecule has 2 heterocycles. The number of nitro groups is 1. The van der Waals surface area contributed by atoms with Crippen molar-refractivity contribution in [2.45, 2.75) is 25.0 Å². The van der Waals surface area contributed by atoms with Crippen LogP contribution in [0.25, 0.3) is 0 Å². The number of thioether (sulfide) groups is 1. The highest BCUT2D eigenvalue weighted by Gasteiger charge is 2.20. The summed E-state index contributed by atoms with van der Waals surface area (Å²) >= 11 is 1.85. The summed E-state index contributed by atoms with van der Waals surface area (Å²) in [7, 11) is 0. The Labute approximate surface area is 127 Å². The third-order valence-electron chi connectivity index (χ3n) is 3.19. The maximum absolute atomic E-state index is 12.2. The van der Waals surface area contributed by atoms with Gasteiger partial charge in [0.15, 0.2) is 0 Å². The lowest BCUT2D eigenvalue weighted by molar-refractivity contribution is -0.385. The van der Waals surface area contributed by atoms with Gasteiger partial charge in [-0.15, -0.1) is 0 Å². The standard InChI is InChI=1S/C13H18N4O3S/c1-2-14-12-11(6-9(7-15-12)17(19)20)13(18)16-8-10-4-3-5-21-10/h6-7,10H,2-5,8H2,1H3,(H,14,15)(H,16,18). The molecule has 1 unspecified atom stereocenters. The van der Waals surface area contributed by atoms with Gasteiger partial charge in [-0.3, -0.25) is 14.9 Å². The van der Waals surface area contributed by atoms with E-state index in [1.165, 1.54) is 12.5 Å². The van der Waals surface area contributed by atoms with Crippen molar-refractivity contribution in [3.63, 3.8) is 0 Å². The van der Waals surface area contributed by atoms with Crippen LogP contribution in [-0.4, -0.2) is 39.9 Å². The van der Waals surface area contributed by atoms with Gasteiger partial charge in [-0.05, 0) is 25.5 Å². The molecule has 0 saturated carbocycles. The third kappa shape index (κ3) is 4.07. The minimum absolute atomic E-state index is 0.183. The van der Waals surface area contributed by atoms with Crippen LogP contribution < -0.4 is 10.6 Å². The number of anilines is 1. The first-order valence-corrected chi connectivity index (χ1v) is 7.94. The SMILES string of the molecule is CCNc1ncc([N+](=O)[O-])cc1C(=O)NCC1CCCS1. The first-order valence-electron chi connectivity index (χ1n) is 6.90. The van der Waals surface area contributed by atoms with E-state index in [1.807, 2.05) is 18.7 Å². The molecule has 114 valence electrons. The number of amides is 1. The van der Waals surface area contributed by atoms with Crippen LogP contribution in [0.5, 0.6) is 0 Å². The molecule has 1 fully saturated rings. The van der Waals surface area contributed by atoms with Gasteiger partial charge in [0, 0.05) is 24.4 Å². The van der Waals surface area contributed by atoms with Crippen LogP contribution in [0.4, 0.5) is 11.5 Å². The van der Waals surface area contributed by atoms with Crippen LogP contribution in [0.3, 0.4) is 0 Å². The Balaban J connectivity index is 2.11. The highest BCUT2D eigenvalue weighted by molar-refractivity contribution is 8.00. The molecule has 7 nitrogen and oxygen atoms in total. The summed E-state index contributed by atoms with van der Waals surface area (Å²) in [5.41, 5.74) is 0.0334. The monoisotopic (exact) mass is 310 g/mol. The lowest BCUT2D eigenvalue weighted by Crippen LogP contribution is -2.30. The zero-order valence-electron chi connectivity index (χ0n) is 11.8. The fourth-order valence-corrected chi connectivity index (χ4v) is 3.34. The largest absolute Gasteiger partial charge is 0.370 e. The zero-order valence-corrected chi connectivity index (χ0v) is 12.6. The zero-order chi connectivity index (χ0) is 15.2. The van der Waals surface area contributed by atoms with E-state index in [0.717, 1.165) is 18.4 Å². The quantitative estimate of drug-likeness (QED) is 0.616. The average Bonchev–Trinajstić information content (AvgIpc) is 2.98. The Bertz CT molecular complexity index is 532.